The topological polar surface area (TPSA) is 20.2 Å². The summed E-state index contributed by atoms with van der Waals surface area (Å²) in [6, 6.07) is 0. The SMILES string of the molecule is CC1(C)CCC(O)(C(F)(F)F)C1. The Bertz CT molecular complexity index is 185. The van der Waals surface area contributed by atoms with Crippen molar-refractivity contribution in [3.05, 3.63) is 0 Å². The fourth-order valence-corrected chi connectivity index (χ4v) is 1.76. The monoisotopic (exact) mass is 182 g/mol. The van der Waals surface area contributed by atoms with Gasteiger partial charge in [0.1, 0.15) is 0 Å². The summed E-state index contributed by atoms with van der Waals surface area (Å²) in [7, 11) is 0. The van der Waals surface area contributed by atoms with Crippen LogP contribution >= 0.6 is 0 Å². The van der Waals surface area contributed by atoms with Crippen LogP contribution in [0.25, 0.3) is 0 Å². The molecule has 1 saturated carbocycles. The molecule has 1 rings (SSSR count). The highest BCUT2D eigenvalue weighted by Crippen LogP contribution is 2.50. The molecule has 0 amide bonds. The van der Waals surface area contributed by atoms with Crippen LogP contribution in [0.4, 0.5) is 13.2 Å². The molecule has 1 atom stereocenters. The van der Waals surface area contributed by atoms with E-state index >= 15 is 0 Å². The van der Waals surface area contributed by atoms with Gasteiger partial charge in [0.15, 0.2) is 5.60 Å². The molecule has 0 aromatic rings. The minimum Gasteiger partial charge on any atom is -0.380 e. The molecule has 1 aliphatic carbocycles. The van der Waals surface area contributed by atoms with Gasteiger partial charge in [-0.15, -0.1) is 0 Å². The van der Waals surface area contributed by atoms with E-state index in [0.717, 1.165) is 0 Å². The lowest BCUT2D eigenvalue weighted by molar-refractivity contribution is -0.259. The highest BCUT2D eigenvalue weighted by Gasteiger charge is 2.58. The molecule has 1 fully saturated rings. The van der Waals surface area contributed by atoms with Crippen molar-refractivity contribution >= 4 is 0 Å². The number of alkyl halides is 3. The van der Waals surface area contributed by atoms with Crippen LogP contribution in [0, 0.1) is 5.41 Å². The van der Waals surface area contributed by atoms with E-state index in [0.29, 0.717) is 6.42 Å². The van der Waals surface area contributed by atoms with Crippen molar-refractivity contribution in [2.24, 2.45) is 5.41 Å². The molecule has 1 nitrogen and oxygen atoms in total. The van der Waals surface area contributed by atoms with Gasteiger partial charge in [-0.25, -0.2) is 0 Å². The molecule has 0 heterocycles. The van der Waals surface area contributed by atoms with Crippen LogP contribution in [0.2, 0.25) is 0 Å². The van der Waals surface area contributed by atoms with E-state index in [9.17, 15) is 18.3 Å². The van der Waals surface area contributed by atoms with Crippen LogP contribution in [0.5, 0.6) is 0 Å². The van der Waals surface area contributed by atoms with E-state index in [2.05, 4.69) is 0 Å². The predicted molar refractivity (Wildman–Crippen MR) is 38.6 cm³/mol. The zero-order valence-corrected chi connectivity index (χ0v) is 7.20. The van der Waals surface area contributed by atoms with Gasteiger partial charge in [0.25, 0.3) is 0 Å². The van der Waals surface area contributed by atoms with Crippen LogP contribution in [0.3, 0.4) is 0 Å². The molecule has 1 aliphatic rings. The first-order valence-corrected chi connectivity index (χ1v) is 3.95. The highest BCUT2D eigenvalue weighted by molar-refractivity contribution is 4.98. The summed E-state index contributed by atoms with van der Waals surface area (Å²) in [5.74, 6) is 0. The van der Waals surface area contributed by atoms with Crippen LogP contribution in [-0.4, -0.2) is 16.9 Å². The van der Waals surface area contributed by atoms with E-state index in [1.54, 1.807) is 13.8 Å². The molecule has 1 N–H and O–H groups in total. The smallest absolute Gasteiger partial charge is 0.380 e. The molecule has 0 aromatic heterocycles. The molecule has 1 unspecified atom stereocenters. The zero-order valence-electron chi connectivity index (χ0n) is 7.20. The van der Waals surface area contributed by atoms with E-state index in [1.165, 1.54) is 0 Å². The van der Waals surface area contributed by atoms with Crippen molar-refractivity contribution < 1.29 is 18.3 Å². The number of hydrogen-bond acceptors (Lipinski definition) is 1. The summed E-state index contributed by atoms with van der Waals surface area (Å²) in [4.78, 5) is 0. The lowest BCUT2D eigenvalue weighted by Crippen LogP contribution is -2.43. The van der Waals surface area contributed by atoms with Crippen molar-refractivity contribution in [1.29, 1.82) is 0 Å². The van der Waals surface area contributed by atoms with Gasteiger partial charge < -0.3 is 5.11 Å². The molecule has 0 saturated heterocycles. The Balaban J connectivity index is 2.78. The number of rotatable bonds is 0. The second kappa shape index (κ2) is 2.37. The Hall–Kier alpha value is -0.250. The number of halogens is 3. The Morgan fingerprint density at radius 3 is 1.83 bits per heavy atom. The first-order chi connectivity index (χ1) is 5.16. The lowest BCUT2D eigenvalue weighted by Gasteiger charge is -2.27. The molecule has 0 aliphatic heterocycles. The van der Waals surface area contributed by atoms with Gasteiger partial charge in [-0.3, -0.25) is 0 Å². The molecule has 72 valence electrons. The fraction of sp³-hybridized carbons (Fsp3) is 1.00. The maximum atomic E-state index is 12.2. The van der Waals surface area contributed by atoms with Gasteiger partial charge in [0.05, 0.1) is 0 Å². The van der Waals surface area contributed by atoms with Crippen LogP contribution in [0.1, 0.15) is 33.1 Å². The summed E-state index contributed by atoms with van der Waals surface area (Å²) in [5.41, 5.74) is -2.82. The van der Waals surface area contributed by atoms with Crippen LogP contribution < -0.4 is 0 Å². The van der Waals surface area contributed by atoms with Gasteiger partial charge in [0.2, 0.25) is 0 Å². The molecule has 0 spiro atoms. The maximum absolute atomic E-state index is 12.2. The molecule has 12 heavy (non-hydrogen) atoms. The predicted octanol–water partition coefficient (Wildman–Crippen LogP) is 2.49. The van der Waals surface area contributed by atoms with E-state index in [1.807, 2.05) is 0 Å². The first kappa shape index (κ1) is 9.84. The third-order valence-electron chi connectivity index (χ3n) is 2.51. The lowest BCUT2D eigenvalue weighted by atomic mass is 9.89. The first-order valence-electron chi connectivity index (χ1n) is 3.95. The van der Waals surface area contributed by atoms with Crippen molar-refractivity contribution in [3.63, 3.8) is 0 Å². The third-order valence-corrected chi connectivity index (χ3v) is 2.51. The summed E-state index contributed by atoms with van der Waals surface area (Å²) >= 11 is 0. The Labute approximate surface area is 69.6 Å². The molecule has 0 bridgehead atoms. The zero-order chi connectivity index (χ0) is 9.62. The van der Waals surface area contributed by atoms with Crippen molar-refractivity contribution in [1.82, 2.24) is 0 Å². The van der Waals surface area contributed by atoms with Crippen LogP contribution in [-0.2, 0) is 0 Å². The maximum Gasteiger partial charge on any atom is 0.417 e. The van der Waals surface area contributed by atoms with Gasteiger partial charge in [0, 0.05) is 0 Å². The Kier molecular flexibility index (Phi) is 1.95. The van der Waals surface area contributed by atoms with Crippen molar-refractivity contribution in [2.75, 3.05) is 0 Å². The highest BCUT2D eigenvalue weighted by atomic mass is 19.4. The largest absolute Gasteiger partial charge is 0.417 e. The van der Waals surface area contributed by atoms with Gasteiger partial charge in [-0.05, 0) is 24.7 Å². The minimum absolute atomic E-state index is 0.163. The number of hydrogen-bond donors (Lipinski definition) is 1. The van der Waals surface area contributed by atoms with Crippen molar-refractivity contribution in [3.8, 4) is 0 Å². The Morgan fingerprint density at radius 2 is 1.67 bits per heavy atom. The van der Waals surface area contributed by atoms with E-state index in [4.69, 9.17) is 0 Å². The van der Waals surface area contributed by atoms with E-state index in [-0.39, 0.29) is 18.3 Å². The van der Waals surface area contributed by atoms with Crippen LogP contribution in [0.15, 0.2) is 0 Å². The molecule has 0 radical (unpaired) electrons. The minimum atomic E-state index is -4.47. The normalized spacial score (nSPS) is 35.5. The number of aliphatic hydroxyl groups is 1. The van der Waals surface area contributed by atoms with Gasteiger partial charge in [-0.2, -0.15) is 13.2 Å². The summed E-state index contributed by atoms with van der Waals surface area (Å²) in [6.45, 7) is 3.49. The average Bonchev–Trinajstić information content (AvgIpc) is 2.05. The molecule has 4 heteroatoms. The second-order valence-electron chi connectivity index (χ2n) is 4.37. The standard InChI is InChI=1S/C8H13F3O/c1-6(2)3-4-7(12,5-6)8(9,10)11/h12H,3-5H2,1-2H3. The fourth-order valence-electron chi connectivity index (χ4n) is 1.76. The summed E-state index contributed by atoms with van der Waals surface area (Å²) in [5, 5.41) is 9.24. The summed E-state index contributed by atoms with van der Waals surface area (Å²) in [6.07, 6.45) is -4.38. The third kappa shape index (κ3) is 1.58. The van der Waals surface area contributed by atoms with Gasteiger partial charge >= 0.3 is 6.18 Å². The average molecular weight is 182 g/mol. The quantitative estimate of drug-likeness (QED) is 0.610. The second-order valence-corrected chi connectivity index (χ2v) is 4.37. The summed E-state index contributed by atoms with van der Waals surface area (Å²) < 4.78 is 36.7. The molecular weight excluding hydrogens is 169 g/mol. The molecular formula is C8H13F3O. The molecule has 0 aromatic carbocycles. The van der Waals surface area contributed by atoms with E-state index < -0.39 is 11.8 Å². The Morgan fingerprint density at radius 1 is 1.17 bits per heavy atom. The van der Waals surface area contributed by atoms with Crippen molar-refractivity contribution in [2.45, 2.75) is 44.9 Å². The van der Waals surface area contributed by atoms with Gasteiger partial charge in [-0.1, -0.05) is 13.8 Å².